The summed E-state index contributed by atoms with van der Waals surface area (Å²) in [5.74, 6) is 0.200. The summed E-state index contributed by atoms with van der Waals surface area (Å²) in [6.07, 6.45) is 0.964. The van der Waals surface area contributed by atoms with E-state index in [1.165, 1.54) is 0 Å². The number of carbonyl (C=O) groups excluding carboxylic acids is 2. The number of oxazole rings is 1. The number of nitrogens with zero attached hydrogens (tertiary/aromatic N) is 3. The number of piperidine rings is 1. The molecule has 1 N–H and O–H groups in total. The maximum Gasteiger partial charge on any atom is 0.409 e. The zero-order valence-corrected chi connectivity index (χ0v) is 19.2. The number of anilines is 1. The second-order valence-electron chi connectivity index (χ2n) is 8.09. The van der Waals surface area contributed by atoms with E-state index in [2.05, 4.69) is 16.4 Å². The van der Waals surface area contributed by atoms with Crippen molar-refractivity contribution < 1.29 is 23.5 Å². The minimum atomic E-state index is -0.304. The number of amides is 2. The van der Waals surface area contributed by atoms with Crippen molar-refractivity contribution in [2.75, 3.05) is 31.6 Å². The SMILES string of the molecule is CCOC(=O)N1CCC(OCC(=O)Nc2ccc(-c3nc4cc(C#N)cc(C)c4o3)cc2)CC1. The van der Waals surface area contributed by atoms with Crippen molar-refractivity contribution in [3.63, 3.8) is 0 Å². The number of benzene rings is 2. The maximum atomic E-state index is 12.3. The summed E-state index contributed by atoms with van der Waals surface area (Å²) >= 11 is 0. The van der Waals surface area contributed by atoms with Crippen molar-refractivity contribution in [2.45, 2.75) is 32.8 Å². The number of nitrogens with one attached hydrogen (secondary N) is 1. The van der Waals surface area contributed by atoms with Gasteiger partial charge in [-0.05, 0) is 68.7 Å². The van der Waals surface area contributed by atoms with Crippen LogP contribution in [0.4, 0.5) is 10.5 Å². The standard InChI is InChI=1S/C25H26N4O5/c1-3-32-25(31)29-10-8-20(9-11-29)33-15-22(30)27-19-6-4-18(5-7-19)24-28-21-13-17(14-26)12-16(2)23(21)34-24/h4-7,12-13,20H,3,8-11,15H2,1-2H3,(H,27,30). The topological polar surface area (TPSA) is 118 Å². The fraction of sp³-hybridized carbons (Fsp3) is 0.360. The summed E-state index contributed by atoms with van der Waals surface area (Å²) in [5.41, 5.74) is 4.06. The first kappa shape index (κ1) is 23.3. The van der Waals surface area contributed by atoms with Crippen molar-refractivity contribution in [3.8, 4) is 17.5 Å². The number of fused-ring (bicyclic) bond motifs is 1. The van der Waals surface area contributed by atoms with E-state index in [9.17, 15) is 9.59 Å². The van der Waals surface area contributed by atoms with Crippen LogP contribution < -0.4 is 5.32 Å². The van der Waals surface area contributed by atoms with Gasteiger partial charge in [0, 0.05) is 24.3 Å². The van der Waals surface area contributed by atoms with Crippen LogP contribution >= 0.6 is 0 Å². The van der Waals surface area contributed by atoms with Gasteiger partial charge in [-0.2, -0.15) is 5.26 Å². The van der Waals surface area contributed by atoms with Gasteiger partial charge in [0.15, 0.2) is 5.58 Å². The number of hydrogen-bond donors (Lipinski definition) is 1. The molecule has 1 saturated heterocycles. The Balaban J connectivity index is 1.29. The predicted octanol–water partition coefficient (Wildman–Crippen LogP) is 4.25. The minimum absolute atomic E-state index is 0.0581. The first-order valence-electron chi connectivity index (χ1n) is 11.2. The molecule has 34 heavy (non-hydrogen) atoms. The lowest BCUT2D eigenvalue weighted by Gasteiger charge is -2.30. The fourth-order valence-corrected chi connectivity index (χ4v) is 3.89. The molecular weight excluding hydrogens is 436 g/mol. The Labute approximate surface area is 197 Å². The molecule has 2 heterocycles. The van der Waals surface area contributed by atoms with Gasteiger partial charge >= 0.3 is 6.09 Å². The molecule has 9 nitrogen and oxygen atoms in total. The number of nitriles is 1. The van der Waals surface area contributed by atoms with E-state index in [1.54, 1.807) is 36.1 Å². The number of carbonyl (C=O) groups is 2. The molecule has 3 aromatic rings. The summed E-state index contributed by atoms with van der Waals surface area (Å²) in [6.45, 7) is 5.07. The van der Waals surface area contributed by atoms with Gasteiger partial charge in [0.2, 0.25) is 11.8 Å². The van der Waals surface area contributed by atoms with Gasteiger partial charge in [-0.25, -0.2) is 9.78 Å². The maximum absolute atomic E-state index is 12.3. The number of likely N-dealkylation sites (tertiary alicyclic amines) is 1. The number of rotatable bonds is 6. The average Bonchev–Trinajstić information content (AvgIpc) is 3.28. The molecule has 176 valence electrons. The summed E-state index contributed by atoms with van der Waals surface area (Å²) in [7, 11) is 0. The normalized spacial score (nSPS) is 14.1. The molecule has 0 spiro atoms. The van der Waals surface area contributed by atoms with Crippen LogP contribution in [0.2, 0.25) is 0 Å². The lowest BCUT2D eigenvalue weighted by atomic mass is 10.1. The first-order valence-corrected chi connectivity index (χ1v) is 11.2. The molecule has 0 aliphatic carbocycles. The van der Waals surface area contributed by atoms with Crippen LogP contribution in [0.1, 0.15) is 30.9 Å². The third kappa shape index (κ3) is 5.35. The highest BCUT2D eigenvalue weighted by Gasteiger charge is 2.24. The summed E-state index contributed by atoms with van der Waals surface area (Å²) in [5, 5.41) is 12.0. The third-order valence-corrected chi connectivity index (χ3v) is 5.64. The summed E-state index contributed by atoms with van der Waals surface area (Å²) in [6, 6.07) is 12.8. The van der Waals surface area contributed by atoms with Gasteiger partial charge in [-0.3, -0.25) is 4.79 Å². The molecule has 0 saturated carbocycles. The lowest BCUT2D eigenvalue weighted by Crippen LogP contribution is -2.41. The van der Waals surface area contributed by atoms with E-state index in [4.69, 9.17) is 19.2 Å². The molecule has 2 amide bonds. The molecule has 2 aromatic carbocycles. The van der Waals surface area contributed by atoms with Crippen molar-refractivity contribution in [1.82, 2.24) is 9.88 Å². The molecule has 1 aliphatic heterocycles. The molecule has 4 rings (SSSR count). The van der Waals surface area contributed by atoms with Crippen LogP contribution in [-0.4, -0.2) is 54.3 Å². The molecule has 1 fully saturated rings. The summed E-state index contributed by atoms with van der Waals surface area (Å²) in [4.78, 5) is 30.2. The van der Waals surface area contributed by atoms with E-state index < -0.39 is 0 Å². The second kappa shape index (κ2) is 10.4. The Bertz CT molecular complexity index is 1220. The van der Waals surface area contributed by atoms with Crippen molar-refractivity contribution in [1.29, 1.82) is 5.26 Å². The zero-order chi connectivity index (χ0) is 24.1. The molecule has 0 bridgehead atoms. The number of hydrogen-bond acceptors (Lipinski definition) is 7. The summed E-state index contributed by atoms with van der Waals surface area (Å²) < 4.78 is 16.6. The minimum Gasteiger partial charge on any atom is -0.450 e. The molecular formula is C25H26N4O5. The van der Waals surface area contributed by atoms with Crippen molar-refractivity contribution in [3.05, 3.63) is 47.5 Å². The number of ether oxygens (including phenoxy) is 2. The van der Waals surface area contributed by atoms with Crippen LogP contribution in [0.5, 0.6) is 0 Å². The van der Waals surface area contributed by atoms with Crippen molar-refractivity contribution >= 4 is 28.8 Å². The van der Waals surface area contributed by atoms with E-state index in [0.29, 0.717) is 60.8 Å². The molecule has 0 atom stereocenters. The Morgan fingerprint density at radius 2 is 1.97 bits per heavy atom. The van der Waals surface area contributed by atoms with E-state index >= 15 is 0 Å². The van der Waals surface area contributed by atoms with Gasteiger partial charge in [-0.15, -0.1) is 0 Å². The van der Waals surface area contributed by atoms with Crippen LogP contribution in [-0.2, 0) is 14.3 Å². The third-order valence-electron chi connectivity index (χ3n) is 5.64. The lowest BCUT2D eigenvalue weighted by molar-refractivity contribution is -0.123. The van der Waals surface area contributed by atoms with E-state index in [0.717, 1.165) is 11.1 Å². The molecule has 1 aliphatic rings. The Kier molecular flexibility index (Phi) is 7.09. The molecule has 0 unspecified atom stereocenters. The number of aromatic nitrogens is 1. The second-order valence-corrected chi connectivity index (χ2v) is 8.09. The molecule has 1 aromatic heterocycles. The Morgan fingerprint density at radius 1 is 1.24 bits per heavy atom. The highest BCUT2D eigenvalue weighted by atomic mass is 16.6. The largest absolute Gasteiger partial charge is 0.450 e. The Morgan fingerprint density at radius 3 is 2.65 bits per heavy atom. The highest BCUT2D eigenvalue weighted by Crippen LogP contribution is 2.28. The molecule has 9 heteroatoms. The van der Waals surface area contributed by atoms with Crippen LogP contribution in [0.15, 0.2) is 40.8 Å². The van der Waals surface area contributed by atoms with Crippen molar-refractivity contribution in [2.24, 2.45) is 0 Å². The van der Waals surface area contributed by atoms with Crippen LogP contribution in [0, 0.1) is 18.3 Å². The average molecular weight is 463 g/mol. The monoisotopic (exact) mass is 462 g/mol. The van der Waals surface area contributed by atoms with Gasteiger partial charge in [0.1, 0.15) is 12.1 Å². The van der Waals surface area contributed by atoms with Gasteiger partial charge < -0.3 is 24.1 Å². The fourth-order valence-electron chi connectivity index (χ4n) is 3.89. The van der Waals surface area contributed by atoms with Gasteiger partial charge in [0.25, 0.3) is 0 Å². The quantitative estimate of drug-likeness (QED) is 0.582. The van der Waals surface area contributed by atoms with E-state index in [-0.39, 0.29) is 24.7 Å². The zero-order valence-electron chi connectivity index (χ0n) is 19.2. The highest BCUT2D eigenvalue weighted by molar-refractivity contribution is 5.92. The van der Waals surface area contributed by atoms with Gasteiger partial charge in [0.05, 0.1) is 24.3 Å². The molecule has 0 radical (unpaired) electrons. The first-order chi connectivity index (χ1) is 16.5. The number of aryl methyl sites for hydroxylation is 1. The smallest absolute Gasteiger partial charge is 0.409 e. The van der Waals surface area contributed by atoms with Gasteiger partial charge in [-0.1, -0.05) is 0 Å². The van der Waals surface area contributed by atoms with Crippen LogP contribution in [0.25, 0.3) is 22.6 Å². The van der Waals surface area contributed by atoms with Crippen LogP contribution in [0.3, 0.4) is 0 Å². The van der Waals surface area contributed by atoms with E-state index in [1.807, 2.05) is 19.1 Å². The Hall–Kier alpha value is -3.90. The predicted molar refractivity (Wildman–Crippen MR) is 125 cm³/mol.